The number of hydrogen-bond donors (Lipinski definition) is 1. The van der Waals surface area contributed by atoms with Gasteiger partial charge in [0.25, 0.3) is 10.0 Å². The van der Waals surface area contributed by atoms with E-state index < -0.39 is 15.6 Å². The molecule has 2 aliphatic rings. The Balaban J connectivity index is 1.47. The van der Waals surface area contributed by atoms with Crippen LogP contribution in [0.5, 0.6) is 0 Å². The molecule has 1 spiro atoms. The Labute approximate surface area is 154 Å². The van der Waals surface area contributed by atoms with Gasteiger partial charge in [0, 0.05) is 38.4 Å². The number of piperidine rings is 1. The van der Waals surface area contributed by atoms with Gasteiger partial charge in [0.1, 0.15) is 0 Å². The lowest BCUT2D eigenvalue weighted by molar-refractivity contribution is -0.0329. The highest BCUT2D eigenvalue weighted by Gasteiger charge is 2.46. The summed E-state index contributed by atoms with van der Waals surface area (Å²) < 4.78 is 35.1. The molecule has 1 aromatic carbocycles. The smallest absolute Gasteiger partial charge is 0.262 e. The number of rotatable bonds is 4. The molecular formula is C18H24N4O3S. The summed E-state index contributed by atoms with van der Waals surface area (Å²) in [5.74, 6) is 0. The summed E-state index contributed by atoms with van der Waals surface area (Å²) in [4.78, 5) is 4.03. The van der Waals surface area contributed by atoms with E-state index in [0.29, 0.717) is 19.7 Å². The Morgan fingerprint density at radius 3 is 2.85 bits per heavy atom. The van der Waals surface area contributed by atoms with Gasteiger partial charge < -0.3 is 14.6 Å². The Morgan fingerprint density at radius 2 is 2.12 bits per heavy atom. The molecule has 2 aliphatic heterocycles. The number of nitrogens with zero attached hydrogens (tertiary/aromatic N) is 3. The summed E-state index contributed by atoms with van der Waals surface area (Å²) in [6.45, 7) is 1.49. The van der Waals surface area contributed by atoms with Gasteiger partial charge in [-0.15, -0.1) is 0 Å². The van der Waals surface area contributed by atoms with E-state index in [1.54, 1.807) is 17.8 Å². The molecule has 0 bridgehead atoms. The molecular weight excluding hydrogens is 352 g/mol. The minimum absolute atomic E-state index is 0.106. The molecule has 4 rings (SSSR count). The van der Waals surface area contributed by atoms with Crippen LogP contribution in [0.2, 0.25) is 0 Å². The van der Waals surface area contributed by atoms with Gasteiger partial charge in [-0.2, -0.15) is 4.31 Å². The lowest BCUT2D eigenvalue weighted by atomic mass is 9.90. The van der Waals surface area contributed by atoms with E-state index in [-0.39, 0.29) is 11.1 Å². The fraction of sp³-hybridized carbons (Fsp3) is 0.500. The molecule has 2 unspecified atom stereocenters. The van der Waals surface area contributed by atoms with Gasteiger partial charge in [-0.3, -0.25) is 0 Å². The molecule has 0 saturated carbocycles. The topological polar surface area (TPSA) is 76.5 Å². The van der Waals surface area contributed by atoms with Crippen molar-refractivity contribution in [3.63, 3.8) is 0 Å². The highest BCUT2D eigenvalue weighted by atomic mass is 32.2. The molecule has 1 aromatic heterocycles. The van der Waals surface area contributed by atoms with Crippen molar-refractivity contribution in [2.75, 3.05) is 25.0 Å². The zero-order valence-electron chi connectivity index (χ0n) is 14.8. The Kier molecular flexibility index (Phi) is 4.50. The van der Waals surface area contributed by atoms with Crippen molar-refractivity contribution in [2.24, 2.45) is 7.05 Å². The zero-order chi connectivity index (χ0) is 18.2. The summed E-state index contributed by atoms with van der Waals surface area (Å²) in [5, 5.41) is 3.60. The van der Waals surface area contributed by atoms with Crippen molar-refractivity contribution in [3.05, 3.63) is 42.9 Å². The number of hydrogen-bond acceptors (Lipinski definition) is 5. The van der Waals surface area contributed by atoms with Gasteiger partial charge in [0.05, 0.1) is 24.6 Å². The number of sulfonamides is 1. The summed E-state index contributed by atoms with van der Waals surface area (Å²) in [5.41, 5.74) is 0.652. The maximum absolute atomic E-state index is 12.9. The third kappa shape index (κ3) is 3.36. The molecule has 8 heteroatoms. The normalized spacial score (nSPS) is 27.0. The van der Waals surface area contributed by atoms with Crippen LogP contribution in [-0.2, 0) is 21.8 Å². The van der Waals surface area contributed by atoms with E-state index in [9.17, 15) is 8.42 Å². The predicted octanol–water partition coefficient (Wildman–Crippen LogP) is 1.84. The number of nitrogens with one attached hydrogen (secondary N) is 1. The average molecular weight is 376 g/mol. The van der Waals surface area contributed by atoms with Gasteiger partial charge in [-0.25, -0.2) is 13.4 Å². The molecule has 3 heterocycles. The van der Waals surface area contributed by atoms with Crippen LogP contribution in [0.3, 0.4) is 0 Å². The van der Waals surface area contributed by atoms with E-state index in [1.165, 1.54) is 10.6 Å². The van der Waals surface area contributed by atoms with Crippen LogP contribution >= 0.6 is 0 Å². The molecule has 2 saturated heterocycles. The second-order valence-corrected chi connectivity index (χ2v) is 9.11. The molecule has 0 amide bonds. The van der Waals surface area contributed by atoms with E-state index in [1.807, 2.05) is 30.3 Å². The number of para-hydroxylation sites is 1. The van der Waals surface area contributed by atoms with Crippen LogP contribution in [-0.4, -0.2) is 53.6 Å². The second kappa shape index (κ2) is 6.68. The SMILES string of the molecule is Cn1cnc(S(=O)(=O)N2CCCC3(CC(Nc4ccccc4)CO3)C2)c1. The van der Waals surface area contributed by atoms with Crippen LogP contribution in [0, 0.1) is 0 Å². The zero-order valence-corrected chi connectivity index (χ0v) is 15.7. The van der Waals surface area contributed by atoms with Gasteiger partial charge in [0.15, 0.2) is 5.03 Å². The predicted molar refractivity (Wildman–Crippen MR) is 98.4 cm³/mol. The van der Waals surface area contributed by atoms with Crippen molar-refractivity contribution in [1.29, 1.82) is 0 Å². The van der Waals surface area contributed by atoms with Crippen LogP contribution in [0.15, 0.2) is 47.9 Å². The quantitative estimate of drug-likeness (QED) is 0.881. The number of aryl methyl sites for hydroxylation is 1. The molecule has 26 heavy (non-hydrogen) atoms. The Hall–Kier alpha value is -1.90. The summed E-state index contributed by atoms with van der Waals surface area (Å²) in [7, 11) is -1.81. The minimum Gasteiger partial charge on any atom is -0.380 e. The lowest BCUT2D eigenvalue weighted by Crippen LogP contribution is -2.50. The molecule has 1 N–H and O–H groups in total. The van der Waals surface area contributed by atoms with E-state index >= 15 is 0 Å². The second-order valence-electron chi connectivity index (χ2n) is 7.22. The summed E-state index contributed by atoms with van der Waals surface area (Å²) in [6.07, 6.45) is 5.54. The van der Waals surface area contributed by atoms with Crippen molar-refractivity contribution in [1.82, 2.24) is 13.9 Å². The number of benzene rings is 1. The van der Waals surface area contributed by atoms with E-state index in [0.717, 1.165) is 24.9 Å². The first kappa shape index (κ1) is 17.5. The first-order valence-corrected chi connectivity index (χ1v) is 10.3. The van der Waals surface area contributed by atoms with Crippen LogP contribution < -0.4 is 5.32 Å². The van der Waals surface area contributed by atoms with E-state index in [4.69, 9.17) is 4.74 Å². The van der Waals surface area contributed by atoms with Crippen molar-refractivity contribution in [2.45, 2.75) is 35.9 Å². The maximum Gasteiger partial charge on any atom is 0.262 e. The third-order valence-corrected chi connectivity index (χ3v) is 6.87. The number of aromatic nitrogens is 2. The molecule has 7 nitrogen and oxygen atoms in total. The first-order chi connectivity index (χ1) is 12.5. The van der Waals surface area contributed by atoms with Gasteiger partial charge >= 0.3 is 0 Å². The summed E-state index contributed by atoms with van der Waals surface area (Å²) >= 11 is 0. The fourth-order valence-corrected chi connectivity index (χ4v) is 5.43. The van der Waals surface area contributed by atoms with Crippen molar-refractivity contribution in [3.8, 4) is 0 Å². The van der Waals surface area contributed by atoms with Gasteiger partial charge in [0.2, 0.25) is 0 Å². The minimum atomic E-state index is -3.58. The molecule has 140 valence electrons. The van der Waals surface area contributed by atoms with E-state index in [2.05, 4.69) is 10.3 Å². The molecule has 2 aromatic rings. The molecule has 2 atom stereocenters. The lowest BCUT2D eigenvalue weighted by Gasteiger charge is -2.38. The van der Waals surface area contributed by atoms with Crippen molar-refractivity contribution < 1.29 is 13.2 Å². The van der Waals surface area contributed by atoms with Gasteiger partial charge in [-0.05, 0) is 25.0 Å². The van der Waals surface area contributed by atoms with Crippen LogP contribution in [0.1, 0.15) is 19.3 Å². The highest BCUT2D eigenvalue weighted by molar-refractivity contribution is 7.89. The average Bonchev–Trinajstić information content (AvgIpc) is 3.23. The Bertz CT molecular complexity index is 868. The largest absolute Gasteiger partial charge is 0.380 e. The standard InChI is InChI=1S/C18H24N4O3S/c1-21-11-17(19-14-21)26(23,24)22-9-5-8-18(13-22)10-16(12-25-18)20-15-6-3-2-4-7-15/h2-4,6-7,11,14,16,20H,5,8-10,12-13H2,1H3. The van der Waals surface area contributed by atoms with Gasteiger partial charge in [-0.1, -0.05) is 18.2 Å². The van der Waals surface area contributed by atoms with Crippen molar-refractivity contribution >= 4 is 15.7 Å². The van der Waals surface area contributed by atoms with Crippen LogP contribution in [0.4, 0.5) is 5.69 Å². The third-order valence-electron chi connectivity index (χ3n) is 5.14. The molecule has 2 fully saturated rings. The Morgan fingerprint density at radius 1 is 1.31 bits per heavy atom. The number of imidazole rings is 1. The fourth-order valence-electron chi connectivity index (χ4n) is 3.91. The summed E-state index contributed by atoms with van der Waals surface area (Å²) in [6, 6.07) is 10.2. The number of anilines is 1. The molecule has 0 radical (unpaired) electrons. The molecule has 0 aliphatic carbocycles. The van der Waals surface area contributed by atoms with Crippen LogP contribution in [0.25, 0.3) is 0 Å². The highest BCUT2D eigenvalue weighted by Crippen LogP contribution is 2.37. The first-order valence-electron chi connectivity index (χ1n) is 8.91. The monoisotopic (exact) mass is 376 g/mol. The maximum atomic E-state index is 12.9. The number of ether oxygens (including phenoxy) is 1.